The highest BCUT2D eigenvalue weighted by Crippen LogP contribution is 2.43. The number of furan rings is 1. The minimum atomic E-state index is -0.921. The van der Waals surface area contributed by atoms with Gasteiger partial charge in [-0.2, -0.15) is 0 Å². The van der Waals surface area contributed by atoms with E-state index < -0.39 is 12.0 Å². The van der Waals surface area contributed by atoms with E-state index in [0.717, 1.165) is 29.5 Å². The molecule has 1 N–H and O–H groups in total. The van der Waals surface area contributed by atoms with E-state index in [-0.39, 0.29) is 23.5 Å². The molecule has 1 saturated heterocycles. The first kappa shape index (κ1) is 16.5. The number of nitrogens with zero attached hydrogens (tertiary/aromatic N) is 2. The summed E-state index contributed by atoms with van der Waals surface area (Å²) in [7, 11) is 0. The Morgan fingerprint density at radius 1 is 1.19 bits per heavy atom. The monoisotopic (exact) mass is 382 g/mol. The molecule has 3 unspecified atom stereocenters. The van der Waals surface area contributed by atoms with Crippen LogP contribution in [0.15, 0.2) is 40.8 Å². The van der Waals surface area contributed by atoms with Crippen LogP contribution in [0, 0.1) is 11.8 Å². The van der Waals surface area contributed by atoms with Crippen LogP contribution in [0.1, 0.15) is 29.8 Å². The van der Waals surface area contributed by atoms with Crippen molar-refractivity contribution in [3.63, 3.8) is 0 Å². The number of thiazole rings is 1. The Labute approximate surface area is 159 Å². The predicted molar refractivity (Wildman–Crippen MR) is 101 cm³/mol. The van der Waals surface area contributed by atoms with E-state index in [1.54, 1.807) is 12.1 Å². The fraction of sp³-hybridized carbons (Fsp3) is 0.350. The molecule has 1 aromatic carbocycles. The largest absolute Gasteiger partial charge is 0.480 e. The van der Waals surface area contributed by atoms with Crippen LogP contribution in [0.2, 0.25) is 0 Å². The summed E-state index contributed by atoms with van der Waals surface area (Å²) >= 11 is 1.50. The van der Waals surface area contributed by atoms with Crippen LogP contribution >= 0.6 is 11.3 Å². The highest BCUT2D eigenvalue weighted by atomic mass is 32.1. The van der Waals surface area contributed by atoms with Gasteiger partial charge in [-0.05, 0) is 48.9 Å². The molecule has 138 valence electrons. The molecule has 1 amide bonds. The van der Waals surface area contributed by atoms with Crippen molar-refractivity contribution in [2.24, 2.45) is 11.8 Å². The van der Waals surface area contributed by atoms with Gasteiger partial charge in [0.15, 0.2) is 16.5 Å². The number of rotatable bonds is 3. The maximum atomic E-state index is 13.0. The molecule has 1 aliphatic carbocycles. The van der Waals surface area contributed by atoms with Gasteiger partial charge < -0.3 is 14.4 Å². The Morgan fingerprint density at radius 2 is 2.04 bits per heavy atom. The summed E-state index contributed by atoms with van der Waals surface area (Å²) in [5, 5.41) is 10.4. The number of amides is 1. The van der Waals surface area contributed by atoms with Crippen molar-refractivity contribution in [2.45, 2.75) is 25.3 Å². The zero-order chi connectivity index (χ0) is 18.5. The standard InChI is InChI=1S/C20H18N2O4S/c23-19(22-10-11-4-3-5-12(11)17(22)20(24)25)15-9-8-14(26-15)18-21-13-6-1-2-7-16(13)27-18/h1-2,6-9,11-12,17H,3-5,10H2,(H,24,25). The van der Waals surface area contributed by atoms with Crippen molar-refractivity contribution >= 4 is 33.4 Å². The Bertz CT molecular complexity index is 1010. The molecule has 1 aliphatic heterocycles. The number of para-hydroxylation sites is 1. The molecule has 5 rings (SSSR count). The summed E-state index contributed by atoms with van der Waals surface area (Å²) < 4.78 is 6.84. The molecule has 6 nitrogen and oxygen atoms in total. The zero-order valence-electron chi connectivity index (χ0n) is 14.5. The van der Waals surface area contributed by atoms with E-state index in [1.807, 2.05) is 24.3 Å². The number of fused-ring (bicyclic) bond motifs is 2. The molecule has 3 aromatic rings. The number of hydrogen-bond donors (Lipinski definition) is 1. The Morgan fingerprint density at radius 3 is 2.85 bits per heavy atom. The number of carboxylic acids is 1. The minimum absolute atomic E-state index is 0.0603. The fourth-order valence-corrected chi connectivity index (χ4v) is 5.45. The number of carbonyl (C=O) groups is 2. The summed E-state index contributed by atoms with van der Waals surface area (Å²) in [6.45, 7) is 0.498. The highest BCUT2D eigenvalue weighted by molar-refractivity contribution is 7.21. The van der Waals surface area contributed by atoms with Crippen LogP contribution in [0.4, 0.5) is 0 Å². The van der Waals surface area contributed by atoms with Gasteiger partial charge in [0.25, 0.3) is 5.91 Å². The van der Waals surface area contributed by atoms with E-state index in [2.05, 4.69) is 4.98 Å². The van der Waals surface area contributed by atoms with Crippen molar-refractivity contribution in [2.75, 3.05) is 6.54 Å². The molecule has 3 atom stereocenters. The first-order valence-corrected chi connectivity index (χ1v) is 9.93. The maximum absolute atomic E-state index is 13.0. The van der Waals surface area contributed by atoms with Gasteiger partial charge in [-0.15, -0.1) is 11.3 Å². The summed E-state index contributed by atoms with van der Waals surface area (Å²) in [4.78, 5) is 30.8. The van der Waals surface area contributed by atoms with Gasteiger partial charge in [0.05, 0.1) is 10.2 Å². The van der Waals surface area contributed by atoms with E-state index >= 15 is 0 Å². The molecule has 0 bridgehead atoms. The number of carbonyl (C=O) groups excluding carboxylic acids is 1. The Hall–Kier alpha value is -2.67. The van der Waals surface area contributed by atoms with Crippen molar-refractivity contribution in [1.29, 1.82) is 0 Å². The summed E-state index contributed by atoms with van der Waals surface area (Å²) in [5.74, 6) is -0.208. The van der Waals surface area contributed by atoms with Crippen LogP contribution in [-0.2, 0) is 4.79 Å². The third-order valence-corrected chi connectivity index (χ3v) is 6.78. The SMILES string of the molecule is O=C(O)C1C2CCCC2CN1C(=O)c1ccc(-c2nc3ccccc3s2)o1. The van der Waals surface area contributed by atoms with Gasteiger partial charge >= 0.3 is 5.97 Å². The van der Waals surface area contributed by atoms with Gasteiger partial charge in [-0.25, -0.2) is 9.78 Å². The number of likely N-dealkylation sites (tertiary alicyclic amines) is 1. The summed E-state index contributed by atoms with van der Waals surface area (Å²) in [6.07, 6.45) is 2.91. The summed E-state index contributed by atoms with van der Waals surface area (Å²) in [5.41, 5.74) is 0.889. The topological polar surface area (TPSA) is 83.6 Å². The second-order valence-electron chi connectivity index (χ2n) is 7.25. The number of carboxylic acid groups (broad SMARTS) is 1. The molecule has 3 heterocycles. The first-order chi connectivity index (χ1) is 13.1. The lowest BCUT2D eigenvalue weighted by Gasteiger charge is -2.23. The van der Waals surface area contributed by atoms with E-state index in [1.165, 1.54) is 16.2 Å². The number of benzene rings is 1. The number of aromatic nitrogens is 1. The average molecular weight is 382 g/mol. The van der Waals surface area contributed by atoms with Gasteiger partial charge in [-0.1, -0.05) is 18.6 Å². The molecule has 2 aromatic heterocycles. The molecule has 7 heteroatoms. The third-order valence-electron chi connectivity index (χ3n) is 5.73. The molecule has 0 radical (unpaired) electrons. The lowest BCUT2D eigenvalue weighted by atomic mass is 9.94. The predicted octanol–water partition coefficient (Wildman–Crippen LogP) is 3.88. The second-order valence-corrected chi connectivity index (χ2v) is 8.28. The normalized spacial score (nSPS) is 24.4. The molecule has 27 heavy (non-hydrogen) atoms. The molecule has 0 spiro atoms. The van der Waals surface area contributed by atoms with Gasteiger partial charge in [0.1, 0.15) is 6.04 Å². The highest BCUT2D eigenvalue weighted by Gasteiger charge is 2.50. The quantitative estimate of drug-likeness (QED) is 0.743. The third kappa shape index (κ3) is 2.65. The smallest absolute Gasteiger partial charge is 0.326 e. The molecule has 2 fully saturated rings. The van der Waals surface area contributed by atoms with Crippen LogP contribution in [0.3, 0.4) is 0 Å². The van der Waals surface area contributed by atoms with Crippen molar-refractivity contribution in [1.82, 2.24) is 9.88 Å². The first-order valence-electron chi connectivity index (χ1n) is 9.11. The molecule has 1 saturated carbocycles. The van der Waals surface area contributed by atoms with E-state index in [9.17, 15) is 14.7 Å². The maximum Gasteiger partial charge on any atom is 0.326 e. The van der Waals surface area contributed by atoms with Gasteiger partial charge in [-0.3, -0.25) is 4.79 Å². The van der Waals surface area contributed by atoms with Gasteiger partial charge in [0.2, 0.25) is 0 Å². The van der Waals surface area contributed by atoms with E-state index in [4.69, 9.17) is 4.42 Å². The molecule has 2 aliphatic rings. The van der Waals surface area contributed by atoms with Crippen LogP contribution in [0.5, 0.6) is 0 Å². The lowest BCUT2D eigenvalue weighted by Crippen LogP contribution is -2.43. The Kier molecular flexibility index (Phi) is 3.79. The molecular formula is C20H18N2O4S. The van der Waals surface area contributed by atoms with Crippen LogP contribution < -0.4 is 0 Å². The van der Waals surface area contributed by atoms with Gasteiger partial charge in [0, 0.05) is 6.54 Å². The zero-order valence-corrected chi connectivity index (χ0v) is 15.3. The minimum Gasteiger partial charge on any atom is -0.480 e. The van der Waals surface area contributed by atoms with Crippen LogP contribution in [0.25, 0.3) is 21.0 Å². The molecular weight excluding hydrogens is 364 g/mol. The Balaban J connectivity index is 1.43. The fourth-order valence-electron chi connectivity index (χ4n) is 4.52. The average Bonchev–Trinajstić information content (AvgIpc) is 3.41. The van der Waals surface area contributed by atoms with Crippen molar-refractivity contribution < 1.29 is 19.1 Å². The van der Waals surface area contributed by atoms with Crippen LogP contribution in [-0.4, -0.2) is 39.5 Å². The second kappa shape index (κ2) is 6.20. The number of hydrogen-bond acceptors (Lipinski definition) is 5. The van der Waals surface area contributed by atoms with Crippen molar-refractivity contribution in [3.8, 4) is 10.8 Å². The summed E-state index contributed by atoms with van der Waals surface area (Å²) in [6, 6.07) is 10.4. The van der Waals surface area contributed by atoms with E-state index in [0.29, 0.717) is 17.3 Å². The number of aliphatic carboxylic acids is 1. The van der Waals surface area contributed by atoms with Crippen molar-refractivity contribution in [3.05, 3.63) is 42.2 Å². The lowest BCUT2D eigenvalue weighted by molar-refractivity contribution is -0.142.